The summed E-state index contributed by atoms with van der Waals surface area (Å²) >= 11 is 0. The molecule has 0 aliphatic carbocycles. The molecule has 0 bridgehead atoms. The summed E-state index contributed by atoms with van der Waals surface area (Å²) in [5.41, 5.74) is 0. The van der Waals surface area contributed by atoms with Crippen molar-refractivity contribution in [3.05, 3.63) is 12.2 Å². The van der Waals surface area contributed by atoms with Crippen LogP contribution in [-0.2, 0) is 17.9 Å². The highest BCUT2D eigenvalue weighted by atomic mass is 16.1. The fourth-order valence-corrected chi connectivity index (χ4v) is 1.35. The molecule has 0 aliphatic heterocycles. The molecule has 0 fully saturated rings. The van der Waals surface area contributed by atoms with Crippen LogP contribution in [0, 0.1) is 0 Å². The number of hydrogen-bond donors (Lipinski definition) is 2. The Morgan fingerprint density at radius 1 is 1.56 bits per heavy atom. The lowest BCUT2D eigenvalue weighted by Crippen LogP contribution is -2.25. The molecule has 0 spiro atoms. The fraction of sp³-hybridized carbons (Fsp3) is 0.700. The molecule has 0 aromatic carbocycles. The van der Waals surface area contributed by atoms with Crippen LogP contribution in [0.4, 0.5) is 0 Å². The average Bonchev–Trinajstić information content (AvgIpc) is 2.72. The van der Waals surface area contributed by atoms with Gasteiger partial charge in [0, 0.05) is 26.6 Å². The predicted molar refractivity (Wildman–Crippen MR) is 60.7 cm³/mol. The molecule has 16 heavy (non-hydrogen) atoms. The molecule has 2 N–H and O–H groups in total. The number of aromatic nitrogens is 3. The van der Waals surface area contributed by atoms with Crippen molar-refractivity contribution in [3.63, 3.8) is 0 Å². The van der Waals surface area contributed by atoms with Crippen molar-refractivity contribution in [2.45, 2.75) is 32.9 Å². The van der Waals surface area contributed by atoms with Gasteiger partial charge in [0.15, 0.2) is 0 Å². The summed E-state index contributed by atoms with van der Waals surface area (Å²) in [4.78, 5) is 15.1. The van der Waals surface area contributed by atoms with Crippen molar-refractivity contribution in [1.82, 2.24) is 25.4 Å². The molecule has 1 rings (SSSR count). The van der Waals surface area contributed by atoms with E-state index in [4.69, 9.17) is 0 Å². The SMILES string of the molecule is CCCn1ncnc1CNCCC(=O)NC. The van der Waals surface area contributed by atoms with Crippen LogP contribution in [0.3, 0.4) is 0 Å². The molecule has 1 heterocycles. The van der Waals surface area contributed by atoms with Crippen molar-refractivity contribution in [1.29, 1.82) is 0 Å². The van der Waals surface area contributed by atoms with Gasteiger partial charge in [0.1, 0.15) is 12.2 Å². The van der Waals surface area contributed by atoms with Gasteiger partial charge < -0.3 is 10.6 Å². The van der Waals surface area contributed by atoms with Crippen molar-refractivity contribution in [2.75, 3.05) is 13.6 Å². The lowest BCUT2D eigenvalue weighted by Gasteiger charge is -2.05. The van der Waals surface area contributed by atoms with E-state index in [0.717, 1.165) is 18.8 Å². The topological polar surface area (TPSA) is 71.8 Å². The van der Waals surface area contributed by atoms with Crippen LogP contribution in [0.5, 0.6) is 0 Å². The summed E-state index contributed by atoms with van der Waals surface area (Å²) in [6.07, 6.45) is 3.08. The van der Waals surface area contributed by atoms with Crippen molar-refractivity contribution < 1.29 is 4.79 Å². The smallest absolute Gasteiger partial charge is 0.221 e. The number of carbonyl (C=O) groups is 1. The zero-order chi connectivity index (χ0) is 11.8. The number of nitrogens with zero attached hydrogens (tertiary/aromatic N) is 3. The molecular formula is C10H19N5O. The highest BCUT2D eigenvalue weighted by Gasteiger charge is 2.03. The third kappa shape index (κ3) is 3.98. The first-order chi connectivity index (χ1) is 7.77. The Hall–Kier alpha value is -1.43. The van der Waals surface area contributed by atoms with Gasteiger partial charge in [-0.2, -0.15) is 5.10 Å². The Labute approximate surface area is 95.4 Å². The van der Waals surface area contributed by atoms with Crippen LogP contribution < -0.4 is 10.6 Å². The second-order valence-electron chi connectivity index (χ2n) is 3.50. The first-order valence-corrected chi connectivity index (χ1v) is 5.56. The molecule has 6 nitrogen and oxygen atoms in total. The Bertz CT molecular complexity index is 323. The average molecular weight is 225 g/mol. The first-order valence-electron chi connectivity index (χ1n) is 5.56. The second-order valence-corrected chi connectivity index (χ2v) is 3.50. The van der Waals surface area contributed by atoms with E-state index in [1.165, 1.54) is 0 Å². The third-order valence-corrected chi connectivity index (χ3v) is 2.22. The minimum absolute atomic E-state index is 0.0440. The number of amides is 1. The van der Waals surface area contributed by atoms with Gasteiger partial charge in [0.05, 0.1) is 6.54 Å². The molecular weight excluding hydrogens is 206 g/mol. The summed E-state index contributed by atoms with van der Waals surface area (Å²) in [5.74, 6) is 0.960. The van der Waals surface area contributed by atoms with E-state index in [0.29, 0.717) is 19.5 Å². The highest BCUT2D eigenvalue weighted by Crippen LogP contribution is 1.95. The van der Waals surface area contributed by atoms with Crippen LogP contribution in [0.1, 0.15) is 25.6 Å². The molecule has 1 aromatic rings. The van der Waals surface area contributed by atoms with Crippen LogP contribution in [0.25, 0.3) is 0 Å². The molecule has 0 saturated heterocycles. The lowest BCUT2D eigenvalue weighted by molar-refractivity contribution is -0.120. The van der Waals surface area contributed by atoms with Crippen molar-refractivity contribution >= 4 is 5.91 Å². The van der Waals surface area contributed by atoms with Crippen molar-refractivity contribution in [2.24, 2.45) is 0 Å². The van der Waals surface area contributed by atoms with Crippen LogP contribution >= 0.6 is 0 Å². The van der Waals surface area contributed by atoms with E-state index in [2.05, 4.69) is 27.6 Å². The Morgan fingerprint density at radius 2 is 2.38 bits per heavy atom. The maximum Gasteiger partial charge on any atom is 0.221 e. The highest BCUT2D eigenvalue weighted by molar-refractivity contribution is 5.75. The minimum atomic E-state index is 0.0440. The summed E-state index contributed by atoms with van der Waals surface area (Å²) in [6.45, 7) is 4.28. The zero-order valence-electron chi connectivity index (χ0n) is 9.86. The Morgan fingerprint density at radius 3 is 3.06 bits per heavy atom. The predicted octanol–water partition coefficient (Wildman–Crippen LogP) is -0.0862. The van der Waals surface area contributed by atoms with Crippen LogP contribution in [-0.4, -0.2) is 34.3 Å². The first kappa shape index (κ1) is 12.6. The van der Waals surface area contributed by atoms with E-state index >= 15 is 0 Å². The van der Waals surface area contributed by atoms with E-state index in [1.807, 2.05) is 4.68 Å². The number of aryl methyl sites for hydroxylation is 1. The van der Waals surface area contributed by atoms with Gasteiger partial charge in [-0.15, -0.1) is 0 Å². The van der Waals surface area contributed by atoms with E-state index < -0.39 is 0 Å². The summed E-state index contributed by atoms with van der Waals surface area (Å²) in [7, 11) is 1.64. The number of carbonyl (C=O) groups excluding carboxylic acids is 1. The molecule has 6 heteroatoms. The quantitative estimate of drug-likeness (QED) is 0.636. The van der Waals surface area contributed by atoms with Gasteiger partial charge in [-0.1, -0.05) is 6.92 Å². The summed E-state index contributed by atoms with van der Waals surface area (Å²) in [5, 5.41) is 9.87. The van der Waals surface area contributed by atoms with E-state index in [9.17, 15) is 4.79 Å². The lowest BCUT2D eigenvalue weighted by atomic mass is 10.4. The molecule has 0 unspecified atom stereocenters. The number of nitrogens with one attached hydrogen (secondary N) is 2. The minimum Gasteiger partial charge on any atom is -0.359 e. The maximum absolute atomic E-state index is 11.0. The summed E-state index contributed by atoms with van der Waals surface area (Å²) in [6, 6.07) is 0. The normalized spacial score (nSPS) is 10.4. The van der Waals surface area contributed by atoms with E-state index in [-0.39, 0.29) is 5.91 Å². The number of hydrogen-bond acceptors (Lipinski definition) is 4. The third-order valence-electron chi connectivity index (χ3n) is 2.22. The van der Waals surface area contributed by atoms with Crippen molar-refractivity contribution in [3.8, 4) is 0 Å². The molecule has 90 valence electrons. The molecule has 0 atom stereocenters. The van der Waals surface area contributed by atoms with Crippen LogP contribution in [0.15, 0.2) is 6.33 Å². The van der Waals surface area contributed by atoms with Crippen LogP contribution in [0.2, 0.25) is 0 Å². The van der Waals surface area contributed by atoms with Gasteiger partial charge >= 0.3 is 0 Å². The molecule has 0 saturated carbocycles. The summed E-state index contributed by atoms with van der Waals surface area (Å²) < 4.78 is 1.88. The molecule has 1 aromatic heterocycles. The van der Waals surface area contributed by atoms with Gasteiger partial charge in [0.25, 0.3) is 0 Å². The van der Waals surface area contributed by atoms with Gasteiger partial charge in [-0.25, -0.2) is 9.67 Å². The fourth-order valence-electron chi connectivity index (χ4n) is 1.35. The molecule has 0 aliphatic rings. The number of rotatable bonds is 7. The molecule has 0 radical (unpaired) electrons. The zero-order valence-corrected chi connectivity index (χ0v) is 9.86. The van der Waals surface area contributed by atoms with E-state index in [1.54, 1.807) is 13.4 Å². The van der Waals surface area contributed by atoms with Gasteiger partial charge in [0.2, 0.25) is 5.91 Å². The van der Waals surface area contributed by atoms with Gasteiger partial charge in [-0.05, 0) is 6.42 Å². The second kappa shape index (κ2) is 6.95. The monoisotopic (exact) mass is 225 g/mol. The van der Waals surface area contributed by atoms with Gasteiger partial charge in [-0.3, -0.25) is 4.79 Å². The molecule has 1 amide bonds. The Balaban J connectivity index is 2.26. The maximum atomic E-state index is 11.0. The Kier molecular flexibility index (Phi) is 5.49. The standard InChI is InChI=1S/C10H19N5O/c1-3-6-15-9(13-8-14-15)7-12-5-4-10(16)11-2/h8,12H,3-7H2,1-2H3,(H,11,16). The largest absolute Gasteiger partial charge is 0.359 e.